The third kappa shape index (κ3) is 2.65. The van der Waals surface area contributed by atoms with E-state index in [1.54, 1.807) is 7.11 Å². The molecule has 0 amide bonds. The zero-order chi connectivity index (χ0) is 16.4. The maximum absolute atomic E-state index is 5.19. The number of imidazole rings is 1. The second kappa shape index (κ2) is 6.00. The molecule has 0 bridgehead atoms. The highest BCUT2D eigenvalue weighted by atomic mass is 16.5. The van der Waals surface area contributed by atoms with Crippen LogP contribution in [0.25, 0.3) is 22.6 Å². The zero-order valence-electron chi connectivity index (χ0n) is 13.0. The Hall–Kier alpha value is -3.41. The second-order valence-electron chi connectivity index (χ2n) is 5.23. The lowest BCUT2D eigenvalue weighted by molar-refractivity contribution is 0.415. The molecule has 0 fully saturated rings. The van der Waals surface area contributed by atoms with E-state index in [-0.39, 0.29) is 0 Å². The van der Waals surface area contributed by atoms with Gasteiger partial charge in [0.1, 0.15) is 23.4 Å². The monoisotopic (exact) mass is 317 g/mol. The summed E-state index contributed by atoms with van der Waals surface area (Å²) in [6, 6.07) is 17.6. The molecule has 0 aliphatic heterocycles. The van der Waals surface area contributed by atoms with Gasteiger partial charge in [-0.2, -0.15) is 0 Å². The number of fused-ring (bicyclic) bond motifs is 1. The first-order valence-corrected chi connectivity index (χ1v) is 7.51. The number of nitrogens with one attached hydrogen (secondary N) is 2. The fourth-order valence-electron chi connectivity index (χ4n) is 2.47. The van der Waals surface area contributed by atoms with Gasteiger partial charge in [0.15, 0.2) is 11.5 Å². The van der Waals surface area contributed by atoms with Crippen LogP contribution >= 0.6 is 0 Å². The topological polar surface area (TPSA) is 75.7 Å². The summed E-state index contributed by atoms with van der Waals surface area (Å²) in [6.07, 6.45) is 1.51. The Morgan fingerprint density at radius 2 is 1.75 bits per heavy atom. The van der Waals surface area contributed by atoms with Crippen molar-refractivity contribution in [1.29, 1.82) is 0 Å². The van der Waals surface area contributed by atoms with Gasteiger partial charge in [0.05, 0.1) is 7.11 Å². The molecule has 0 aliphatic rings. The largest absolute Gasteiger partial charge is 0.497 e. The van der Waals surface area contributed by atoms with Crippen molar-refractivity contribution in [3.05, 3.63) is 60.9 Å². The number of anilines is 2. The summed E-state index contributed by atoms with van der Waals surface area (Å²) in [4.78, 5) is 16.4. The van der Waals surface area contributed by atoms with Gasteiger partial charge in [-0.3, -0.25) is 0 Å². The molecule has 0 spiro atoms. The summed E-state index contributed by atoms with van der Waals surface area (Å²) >= 11 is 0. The predicted octanol–water partition coefficient (Wildman–Crippen LogP) is 3.77. The number of methoxy groups -OCH3 is 1. The molecular weight excluding hydrogens is 302 g/mol. The summed E-state index contributed by atoms with van der Waals surface area (Å²) in [5.41, 5.74) is 3.30. The smallest absolute Gasteiger partial charge is 0.183 e. The van der Waals surface area contributed by atoms with Gasteiger partial charge in [-0.1, -0.05) is 18.2 Å². The molecule has 6 heteroatoms. The highest BCUT2D eigenvalue weighted by molar-refractivity contribution is 5.87. The lowest BCUT2D eigenvalue weighted by Crippen LogP contribution is -1.95. The highest BCUT2D eigenvalue weighted by Crippen LogP contribution is 2.26. The van der Waals surface area contributed by atoms with Gasteiger partial charge in [0.25, 0.3) is 0 Å². The van der Waals surface area contributed by atoms with Crippen molar-refractivity contribution >= 4 is 22.7 Å². The number of hydrogen-bond donors (Lipinski definition) is 2. The molecule has 4 rings (SSSR count). The van der Waals surface area contributed by atoms with Crippen LogP contribution in [0.4, 0.5) is 11.5 Å². The maximum Gasteiger partial charge on any atom is 0.183 e. The number of nitrogens with zero attached hydrogens (tertiary/aromatic N) is 3. The van der Waals surface area contributed by atoms with Crippen LogP contribution in [0.15, 0.2) is 60.9 Å². The number of benzene rings is 2. The molecule has 2 heterocycles. The fraction of sp³-hybridized carbons (Fsp3) is 0.0556. The SMILES string of the molecule is COc1ccc(-c2nc3ncnc(Nc4ccccc4)c3[nH]2)cc1. The van der Waals surface area contributed by atoms with Crippen LogP contribution in [-0.2, 0) is 0 Å². The quantitative estimate of drug-likeness (QED) is 0.599. The lowest BCUT2D eigenvalue weighted by atomic mass is 10.2. The maximum atomic E-state index is 5.19. The number of aromatic amines is 1. The Bertz CT molecular complexity index is 964. The molecule has 118 valence electrons. The van der Waals surface area contributed by atoms with Crippen molar-refractivity contribution in [2.75, 3.05) is 12.4 Å². The Kier molecular flexibility index (Phi) is 3.55. The number of hydrogen-bond acceptors (Lipinski definition) is 5. The van der Waals surface area contributed by atoms with Crippen molar-refractivity contribution < 1.29 is 4.74 Å². The van der Waals surface area contributed by atoms with E-state index in [2.05, 4.69) is 25.3 Å². The van der Waals surface area contributed by atoms with E-state index in [1.807, 2.05) is 54.6 Å². The van der Waals surface area contributed by atoms with Crippen LogP contribution in [0.2, 0.25) is 0 Å². The van der Waals surface area contributed by atoms with Gasteiger partial charge in [0, 0.05) is 11.3 Å². The van der Waals surface area contributed by atoms with Gasteiger partial charge < -0.3 is 15.0 Å². The summed E-state index contributed by atoms with van der Waals surface area (Å²) in [5.74, 6) is 2.24. The van der Waals surface area contributed by atoms with E-state index in [0.717, 1.165) is 28.3 Å². The van der Waals surface area contributed by atoms with Crippen LogP contribution < -0.4 is 10.1 Å². The molecule has 0 radical (unpaired) electrons. The Labute approximate surface area is 138 Å². The van der Waals surface area contributed by atoms with E-state index in [1.165, 1.54) is 6.33 Å². The van der Waals surface area contributed by atoms with E-state index < -0.39 is 0 Å². The van der Waals surface area contributed by atoms with Crippen molar-refractivity contribution in [2.45, 2.75) is 0 Å². The average molecular weight is 317 g/mol. The molecule has 0 atom stereocenters. The molecular formula is C18H15N5O. The Morgan fingerprint density at radius 1 is 0.958 bits per heavy atom. The van der Waals surface area contributed by atoms with Crippen LogP contribution in [0.5, 0.6) is 5.75 Å². The van der Waals surface area contributed by atoms with Crippen molar-refractivity contribution in [1.82, 2.24) is 19.9 Å². The minimum Gasteiger partial charge on any atom is -0.497 e. The first-order valence-electron chi connectivity index (χ1n) is 7.51. The summed E-state index contributed by atoms with van der Waals surface area (Å²) < 4.78 is 5.19. The zero-order valence-corrected chi connectivity index (χ0v) is 13.0. The molecule has 0 saturated carbocycles. The van der Waals surface area contributed by atoms with Crippen molar-refractivity contribution in [2.24, 2.45) is 0 Å². The average Bonchev–Trinajstić information content (AvgIpc) is 3.08. The molecule has 0 aliphatic carbocycles. The van der Waals surface area contributed by atoms with Crippen LogP contribution in [0.1, 0.15) is 0 Å². The first kappa shape index (κ1) is 14.2. The van der Waals surface area contributed by atoms with Gasteiger partial charge >= 0.3 is 0 Å². The number of aromatic nitrogens is 4. The summed E-state index contributed by atoms with van der Waals surface area (Å²) in [6.45, 7) is 0. The molecule has 6 nitrogen and oxygen atoms in total. The molecule has 2 N–H and O–H groups in total. The predicted molar refractivity (Wildman–Crippen MR) is 93.4 cm³/mol. The highest BCUT2D eigenvalue weighted by Gasteiger charge is 2.11. The standard InChI is InChI=1S/C18H15N5O/c1-24-14-9-7-12(8-10-14)16-22-15-17(19-11-20-18(15)23-16)21-13-5-3-2-4-6-13/h2-11H,1H3,(H2,19,20,21,22,23). The van der Waals surface area contributed by atoms with Crippen LogP contribution in [-0.4, -0.2) is 27.0 Å². The fourth-order valence-corrected chi connectivity index (χ4v) is 2.47. The first-order chi connectivity index (χ1) is 11.8. The number of para-hydroxylation sites is 1. The third-order valence-electron chi connectivity index (χ3n) is 3.69. The van der Waals surface area contributed by atoms with E-state index in [0.29, 0.717) is 11.5 Å². The van der Waals surface area contributed by atoms with Gasteiger partial charge in [-0.15, -0.1) is 0 Å². The number of H-pyrrole nitrogens is 1. The van der Waals surface area contributed by atoms with Crippen molar-refractivity contribution in [3.63, 3.8) is 0 Å². The van der Waals surface area contributed by atoms with Gasteiger partial charge in [0.2, 0.25) is 0 Å². The van der Waals surface area contributed by atoms with Crippen LogP contribution in [0, 0.1) is 0 Å². The Morgan fingerprint density at radius 3 is 2.50 bits per heavy atom. The second-order valence-corrected chi connectivity index (χ2v) is 5.23. The van der Waals surface area contributed by atoms with E-state index in [4.69, 9.17) is 4.74 Å². The normalized spacial score (nSPS) is 10.7. The molecule has 2 aromatic carbocycles. The minimum absolute atomic E-state index is 0.620. The molecule has 2 aromatic heterocycles. The molecule has 0 unspecified atom stereocenters. The summed E-state index contributed by atoms with van der Waals surface area (Å²) in [7, 11) is 1.65. The van der Waals surface area contributed by atoms with E-state index >= 15 is 0 Å². The van der Waals surface area contributed by atoms with E-state index in [9.17, 15) is 0 Å². The molecule has 4 aromatic rings. The Balaban J connectivity index is 1.73. The minimum atomic E-state index is 0.620. The van der Waals surface area contributed by atoms with Crippen molar-refractivity contribution in [3.8, 4) is 17.1 Å². The lowest BCUT2D eigenvalue weighted by Gasteiger charge is -2.05. The third-order valence-corrected chi connectivity index (χ3v) is 3.69. The van der Waals surface area contributed by atoms with Crippen LogP contribution in [0.3, 0.4) is 0 Å². The summed E-state index contributed by atoms with van der Waals surface area (Å²) in [5, 5.41) is 3.29. The molecule has 24 heavy (non-hydrogen) atoms. The number of rotatable bonds is 4. The molecule has 0 saturated heterocycles. The number of ether oxygens (including phenoxy) is 1. The van der Waals surface area contributed by atoms with Gasteiger partial charge in [-0.25, -0.2) is 15.0 Å². The van der Waals surface area contributed by atoms with Gasteiger partial charge in [-0.05, 0) is 36.4 Å².